The summed E-state index contributed by atoms with van der Waals surface area (Å²) >= 11 is 0. The van der Waals surface area contributed by atoms with E-state index >= 15 is 0 Å². The number of carbonyl (C=O) groups is 1. The van der Waals surface area contributed by atoms with E-state index in [1.165, 1.54) is 103 Å². The number of likely N-dealkylation sites (tertiary alicyclic amines) is 1. The molecular formula is C39H59N3O. The Balaban J connectivity index is 0.000000339. The van der Waals surface area contributed by atoms with Gasteiger partial charge in [0.25, 0.3) is 0 Å². The maximum absolute atomic E-state index is 11.7. The van der Waals surface area contributed by atoms with Gasteiger partial charge in [-0.3, -0.25) is 4.79 Å². The monoisotopic (exact) mass is 585 g/mol. The van der Waals surface area contributed by atoms with Crippen LogP contribution in [0.3, 0.4) is 0 Å². The van der Waals surface area contributed by atoms with Crippen LogP contribution in [0.1, 0.15) is 124 Å². The molecular weight excluding hydrogens is 526 g/mol. The second kappa shape index (κ2) is 24.3. The highest BCUT2D eigenvalue weighted by molar-refractivity contribution is 5.96. The highest BCUT2D eigenvalue weighted by atomic mass is 16.1. The molecule has 43 heavy (non-hydrogen) atoms. The first-order valence-corrected chi connectivity index (χ1v) is 16.6. The predicted molar refractivity (Wildman–Crippen MR) is 185 cm³/mol. The van der Waals surface area contributed by atoms with E-state index in [1.54, 1.807) is 22.8 Å². The lowest BCUT2D eigenvalue weighted by molar-refractivity contribution is 0.0979. The second-order valence-corrected chi connectivity index (χ2v) is 11.8. The van der Waals surface area contributed by atoms with Crippen molar-refractivity contribution in [3.63, 3.8) is 0 Å². The summed E-state index contributed by atoms with van der Waals surface area (Å²) in [6, 6.07) is 16.7. The first-order chi connectivity index (χ1) is 20.8. The van der Waals surface area contributed by atoms with Crippen LogP contribution in [0.15, 0.2) is 67.4 Å². The molecule has 0 aromatic heterocycles. The van der Waals surface area contributed by atoms with E-state index < -0.39 is 0 Å². The number of aryl methyl sites for hydroxylation is 4. The van der Waals surface area contributed by atoms with E-state index in [0.717, 1.165) is 24.8 Å². The van der Waals surface area contributed by atoms with Crippen LogP contribution in [0.2, 0.25) is 0 Å². The van der Waals surface area contributed by atoms with Crippen molar-refractivity contribution in [3.05, 3.63) is 95.2 Å². The Morgan fingerprint density at radius 3 is 2.16 bits per heavy atom. The van der Waals surface area contributed by atoms with Crippen LogP contribution in [0.4, 0.5) is 0 Å². The minimum absolute atomic E-state index is 0.211. The molecule has 0 saturated carbocycles. The van der Waals surface area contributed by atoms with Gasteiger partial charge in [-0.1, -0.05) is 80.4 Å². The summed E-state index contributed by atoms with van der Waals surface area (Å²) in [5.41, 5.74) is 13.0. The summed E-state index contributed by atoms with van der Waals surface area (Å²) in [6.45, 7) is 16.8. The number of nitriles is 1. The molecule has 0 spiro atoms. The van der Waals surface area contributed by atoms with Gasteiger partial charge in [0.2, 0.25) is 0 Å². The Hall–Kier alpha value is -3.16. The van der Waals surface area contributed by atoms with E-state index in [2.05, 4.69) is 43.2 Å². The molecule has 1 fully saturated rings. The number of Topliss-reactive ketones (excluding diaryl/α,β-unsaturated/α-hetero) is 1. The fourth-order valence-electron chi connectivity index (χ4n) is 5.33. The highest BCUT2D eigenvalue weighted by Gasteiger charge is 2.12. The van der Waals surface area contributed by atoms with Crippen LogP contribution < -0.4 is 5.73 Å². The van der Waals surface area contributed by atoms with Gasteiger partial charge in [-0.2, -0.15) is 5.26 Å². The summed E-state index contributed by atoms with van der Waals surface area (Å²) in [7, 11) is 0. The molecule has 2 aromatic rings. The van der Waals surface area contributed by atoms with Crippen LogP contribution >= 0.6 is 0 Å². The van der Waals surface area contributed by atoms with Crippen molar-refractivity contribution in [2.75, 3.05) is 19.6 Å². The number of benzene rings is 2. The van der Waals surface area contributed by atoms with Gasteiger partial charge in [0.15, 0.2) is 5.78 Å². The number of unbranched alkanes of at least 4 members (excludes halogenated alkanes) is 3. The molecule has 2 N–H and O–H groups in total. The minimum atomic E-state index is 0.211. The Kier molecular flexibility index (Phi) is 21.4. The average molecular weight is 586 g/mol. The average Bonchev–Trinajstić information content (AvgIpc) is 3.53. The van der Waals surface area contributed by atoms with Gasteiger partial charge >= 0.3 is 0 Å². The van der Waals surface area contributed by atoms with Gasteiger partial charge in [0.1, 0.15) is 0 Å². The third kappa shape index (κ3) is 18.2. The standard InChI is InChI=1S/C17H25N.C14H19NO.C6H12.C2H3N/c1-2-8-17-14-15(9-10-16(17)7-1)6-5-13-18-11-3-4-12-18;1-11-7-9-13(10-8-11)14(16)6-4-3-5-12(2)15;1-3-5-6-4-2;1-2-3/h9-10,14H,1-8,11-13H2;7-10H,2-6,15H2,1H3;3H,1,4-6H2,2H3;1H3. The zero-order valence-electron chi connectivity index (χ0n) is 27.6. The van der Waals surface area contributed by atoms with Crippen LogP contribution in [-0.4, -0.2) is 30.3 Å². The van der Waals surface area contributed by atoms with Crippen molar-refractivity contribution in [2.24, 2.45) is 5.73 Å². The lowest BCUT2D eigenvalue weighted by Gasteiger charge is -2.17. The van der Waals surface area contributed by atoms with Crippen LogP contribution in [-0.2, 0) is 19.3 Å². The molecule has 0 radical (unpaired) electrons. The molecule has 1 aliphatic heterocycles. The first kappa shape index (κ1) is 37.9. The zero-order valence-corrected chi connectivity index (χ0v) is 27.6. The number of rotatable bonds is 13. The van der Waals surface area contributed by atoms with Crippen LogP contribution in [0.25, 0.3) is 0 Å². The quantitative estimate of drug-likeness (QED) is 0.144. The van der Waals surface area contributed by atoms with E-state index in [-0.39, 0.29) is 5.78 Å². The third-order valence-electron chi connectivity index (χ3n) is 7.84. The fraction of sp³-hybridized carbons (Fsp3) is 0.538. The molecule has 0 bridgehead atoms. The molecule has 2 aliphatic rings. The predicted octanol–water partition coefficient (Wildman–Crippen LogP) is 9.70. The van der Waals surface area contributed by atoms with Gasteiger partial charge in [0, 0.05) is 24.6 Å². The van der Waals surface area contributed by atoms with Crippen molar-refractivity contribution in [2.45, 2.75) is 117 Å². The smallest absolute Gasteiger partial charge is 0.162 e. The van der Waals surface area contributed by atoms with Gasteiger partial charge in [-0.25, -0.2) is 0 Å². The largest absolute Gasteiger partial charge is 0.403 e. The Bertz CT molecular complexity index is 1090. The summed E-state index contributed by atoms with van der Waals surface area (Å²) in [5.74, 6) is 0.211. The second-order valence-electron chi connectivity index (χ2n) is 11.8. The summed E-state index contributed by atoms with van der Waals surface area (Å²) in [6.07, 6.45) is 19.8. The molecule has 2 aromatic carbocycles. The molecule has 4 rings (SSSR count). The molecule has 1 aliphatic carbocycles. The van der Waals surface area contributed by atoms with Crippen molar-refractivity contribution >= 4 is 5.78 Å². The SMILES string of the molecule is C=C(N)CCCCC(=O)c1ccc(C)cc1.C=CCCCC.CC#N.c1cc2c(cc1CCCN1CCCC1)CCCC2. The third-order valence-corrected chi connectivity index (χ3v) is 7.84. The maximum atomic E-state index is 11.7. The topological polar surface area (TPSA) is 70.1 Å². The molecule has 1 saturated heterocycles. The van der Waals surface area contributed by atoms with E-state index in [0.29, 0.717) is 12.1 Å². The number of nitrogens with two attached hydrogens (primary N) is 1. The summed E-state index contributed by atoms with van der Waals surface area (Å²) in [5, 5.41) is 7.32. The van der Waals surface area contributed by atoms with Crippen molar-refractivity contribution < 1.29 is 4.79 Å². The van der Waals surface area contributed by atoms with Crippen LogP contribution in [0, 0.1) is 18.3 Å². The molecule has 4 heteroatoms. The molecule has 1 heterocycles. The number of carbonyl (C=O) groups excluding carboxylic acids is 1. The Morgan fingerprint density at radius 2 is 1.58 bits per heavy atom. The normalized spacial score (nSPS) is 13.4. The summed E-state index contributed by atoms with van der Waals surface area (Å²) in [4.78, 5) is 14.4. The van der Waals surface area contributed by atoms with Crippen molar-refractivity contribution in [1.29, 1.82) is 5.26 Å². The van der Waals surface area contributed by atoms with Crippen molar-refractivity contribution in [3.8, 4) is 6.07 Å². The molecule has 0 atom stereocenters. The molecule has 236 valence electrons. The number of nitrogens with zero attached hydrogens (tertiary/aromatic N) is 2. The maximum Gasteiger partial charge on any atom is 0.162 e. The van der Waals surface area contributed by atoms with Gasteiger partial charge in [-0.15, -0.1) is 6.58 Å². The van der Waals surface area contributed by atoms with Crippen LogP contribution in [0.5, 0.6) is 0 Å². The van der Waals surface area contributed by atoms with Gasteiger partial charge in [0.05, 0.1) is 6.07 Å². The number of hydrogen-bond acceptors (Lipinski definition) is 4. The molecule has 0 amide bonds. The highest BCUT2D eigenvalue weighted by Crippen LogP contribution is 2.23. The van der Waals surface area contributed by atoms with E-state index in [9.17, 15) is 4.79 Å². The summed E-state index contributed by atoms with van der Waals surface area (Å²) < 4.78 is 0. The fourth-order valence-corrected chi connectivity index (χ4v) is 5.33. The Morgan fingerprint density at radius 1 is 0.953 bits per heavy atom. The Labute approximate surface area is 264 Å². The molecule has 0 unspecified atom stereocenters. The lowest BCUT2D eigenvalue weighted by Crippen LogP contribution is -2.20. The number of ketones is 1. The minimum Gasteiger partial charge on any atom is -0.403 e. The lowest BCUT2D eigenvalue weighted by atomic mass is 9.90. The first-order valence-electron chi connectivity index (χ1n) is 16.6. The number of hydrogen-bond donors (Lipinski definition) is 1. The zero-order chi connectivity index (χ0) is 31.7. The number of allylic oxidation sites excluding steroid dienone is 2. The van der Waals surface area contributed by atoms with Gasteiger partial charge in [-0.05, 0) is 120 Å². The van der Waals surface area contributed by atoms with E-state index in [1.807, 2.05) is 37.3 Å². The number of fused-ring (bicyclic) bond motifs is 1. The molecule has 4 nitrogen and oxygen atoms in total. The van der Waals surface area contributed by atoms with Crippen molar-refractivity contribution in [1.82, 2.24) is 4.90 Å². The van der Waals surface area contributed by atoms with Gasteiger partial charge < -0.3 is 10.6 Å². The van der Waals surface area contributed by atoms with E-state index in [4.69, 9.17) is 11.0 Å².